The van der Waals surface area contributed by atoms with Gasteiger partial charge < -0.3 is 5.32 Å². The lowest BCUT2D eigenvalue weighted by Crippen LogP contribution is -2.58. The lowest BCUT2D eigenvalue weighted by atomic mass is 10.1. The third kappa shape index (κ3) is 3.58. The molecule has 1 aliphatic rings. The van der Waals surface area contributed by atoms with Crippen LogP contribution in [0.2, 0.25) is 0 Å². The summed E-state index contributed by atoms with van der Waals surface area (Å²) in [5.41, 5.74) is 1.25. The van der Waals surface area contributed by atoms with Crippen molar-refractivity contribution in [1.82, 2.24) is 5.32 Å². The Morgan fingerprint density at radius 2 is 1.71 bits per heavy atom. The first-order valence-corrected chi connectivity index (χ1v) is 9.70. The number of nitrogens with zero attached hydrogens (tertiary/aromatic N) is 2. The van der Waals surface area contributed by atoms with Crippen LogP contribution in [0.25, 0.3) is 10.8 Å². The molecule has 0 aliphatic carbocycles. The van der Waals surface area contributed by atoms with E-state index in [1.165, 1.54) is 11.1 Å². The molecule has 138 valence electrons. The van der Waals surface area contributed by atoms with E-state index in [1.54, 1.807) is 24.3 Å². The predicted octanol–water partition coefficient (Wildman–Crippen LogP) is 4.37. The Balaban J connectivity index is 1.62. The van der Waals surface area contributed by atoms with Crippen molar-refractivity contribution in [3.8, 4) is 0 Å². The van der Waals surface area contributed by atoms with Gasteiger partial charge in [0.15, 0.2) is 11.0 Å². The number of fused-ring (bicyclic) bond motifs is 1. The largest absolute Gasteiger partial charge is 0.301 e. The maximum absolute atomic E-state index is 12.9. The van der Waals surface area contributed by atoms with Gasteiger partial charge in [-0.15, -0.1) is 0 Å². The molecule has 1 N–H and O–H groups in total. The first-order chi connectivity index (χ1) is 13.5. The van der Waals surface area contributed by atoms with Crippen LogP contribution in [-0.2, 0) is 9.59 Å². The van der Waals surface area contributed by atoms with Crippen LogP contribution in [0.4, 0.5) is 11.4 Å². The molecule has 0 spiro atoms. The van der Waals surface area contributed by atoms with Crippen LogP contribution in [0.1, 0.15) is 0 Å². The molecule has 0 unspecified atom stereocenters. The summed E-state index contributed by atoms with van der Waals surface area (Å²) < 4.78 is 0.880. The standard InChI is InChI=1S/C21H14BrN3O2S/c22-15-6-9-17(10-7-15)25-20(27)18(19(26)24-21(25)28)12-23-16-8-5-13-3-1-2-4-14(13)11-16/h1-12,18H,(H,24,26,28)/t18-/m1/s1. The SMILES string of the molecule is O=C1NC(=S)N(c2ccc(Br)cc2)C(=O)[C@@H]1C=Nc1ccc2ccccc2c1. The fourth-order valence-corrected chi connectivity index (χ4v) is 3.53. The fraction of sp³-hybridized carbons (Fsp3) is 0.0476. The van der Waals surface area contributed by atoms with Gasteiger partial charge in [0.2, 0.25) is 5.91 Å². The van der Waals surface area contributed by atoms with Gasteiger partial charge >= 0.3 is 0 Å². The van der Waals surface area contributed by atoms with Crippen LogP contribution >= 0.6 is 28.1 Å². The van der Waals surface area contributed by atoms with Gasteiger partial charge in [0.25, 0.3) is 5.91 Å². The van der Waals surface area contributed by atoms with Crippen molar-refractivity contribution in [2.75, 3.05) is 4.90 Å². The van der Waals surface area contributed by atoms with Crippen LogP contribution < -0.4 is 10.2 Å². The minimum Gasteiger partial charge on any atom is -0.301 e. The highest BCUT2D eigenvalue weighted by molar-refractivity contribution is 9.10. The number of hydrogen-bond acceptors (Lipinski definition) is 4. The number of carbonyl (C=O) groups excluding carboxylic acids is 2. The van der Waals surface area contributed by atoms with Gasteiger partial charge in [-0.05, 0) is 59.4 Å². The molecule has 0 radical (unpaired) electrons. The zero-order valence-electron chi connectivity index (χ0n) is 14.5. The van der Waals surface area contributed by atoms with E-state index in [1.807, 2.05) is 42.5 Å². The number of nitrogens with one attached hydrogen (secondary N) is 1. The summed E-state index contributed by atoms with van der Waals surface area (Å²) in [6.07, 6.45) is 1.37. The van der Waals surface area contributed by atoms with Crippen molar-refractivity contribution in [3.05, 3.63) is 71.2 Å². The number of halogens is 1. The van der Waals surface area contributed by atoms with Crippen molar-refractivity contribution < 1.29 is 9.59 Å². The minimum absolute atomic E-state index is 0.0627. The number of amides is 2. The van der Waals surface area contributed by atoms with E-state index in [2.05, 4.69) is 26.2 Å². The number of rotatable bonds is 3. The zero-order chi connectivity index (χ0) is 19.7. The van der Waals surface area contributed by atoms with Crippen LogP contribution in [0.15, 0.2) is 76.2 Å². The second kappa shape index (κ2) is 7.61. The average Bonchev–Trinajstić information content (AvgIpc) is 2.69. The van der Waals surface area contributed by atoms with Gasteiger partial charge in [-0.3, -0.25) is 19.5 Å². The first kappa shape index (κ1) is 18.5. The van der Waals surface area contributed by atoms with Gasteiger partial charge in [0, 0.05) is 10.7 Å². The summed E-state index contributed by atoms with van der Waals surface area (Å²) in [4.78, 5) is 31.0. The number of anilines is 1. The highest BCUT2D eigenvalue weighted by Crippen LogP contribution is 2.24. The second-order valence-corrected chi connectivity index (χ2v) is 7.53. The molecule has 4 rings (SSSR count). The van der Waals surface area contributed by atoms with E-state index in [0.717, 1.165) is 15.2 Å². The normalized spacial score (nSPS) is 17.4. The summed E-state index contributed by atoms with van der Waals surface area (Å²) in [6, 6.07) is 20.7. The Labute approximate surface area is 175 Å². The smallest absolute Gasteiger partial charge is 0.251 e. The molecule has 5 nitrogen and oxygen atoms in total. The number of benzene rings is 3. The first-order valence-electron chi connectivity index (χ1n) is 8.50. The monoisotopic (exact) mass is 451 g/mol. The van der Waals surface area contributed by atoms with Gasteiger partial charge in [-0.25, -0.2) is 0 Å². The molecule has 1 saturated heterocycles. The minimum atomic E-state index is -1.05. The van der Waals surface area contributed by atoms with Crippen molar-refractivity contribution in [1.29, 1.82) is 0 Å². The van der Waals surface area contributed by atoms with Gasteiger partial charge in [0.05, 0.1) is 11.4 Å². The van der Waals surface area contributed by atoms with E-state index in [4.69, 9.17) is 12.2 Å². The highest BCUT2D eigenvalue weighted by Gasteiger charge is 2.38. The summed E-state index contributed by atoms with van der Waals surface area (Å²) in [5, 5.41) is 4.78. The molecule has 3 aromatic carbocycles. The molecular weight excluding hydrogens is 438 g/mol. The lowest BCUT2D eigenvalue weighted by Gasteiger charge is -2.30. The Morgan fingerprint density at radius 1 is 1.00 bits per heavy atom. The van der Waals surface area contributed by atoms with E-state index in [9.17, 15) is 9.59 Å². The average molecular weight is 452 g/mol. The molecule has 1 atom stereocenters. The Bertz CT molecular complexity index is 1130. The predicted molar refractivity (Wildman–Crippen MR) is 118 cm³/mol. The number of carbonyl (C=O) groups is 2. The molecule has 1 aliphatic heterocycles. The third-order valence-corrected chi connectivity index (χ3v) is 5.21. The Kier molecular flexibility index (Phi) is 5.02. The van der Waals surface area contributed by atoms with Crippen molar-refractivity contribution in [2.24, 2.45) is 10.9 Å². The highest BCUT2D eigenvalue weighted by atomic mass is 79.9. The number of aliphatic imine (C=N–C) groups is 1. The molecule has 3 aromatic rings. The fourth-order valence-electron chi connectivity index (χ4n) is 2.97. The van der Waals surface area contributed by atoms with E-state index >= 15 is 0 Å². The Hall–Kier alpha value is -2.90. The van der Waals surface area contributed by atoms with Gasteiger partial charge in [-0.2, -0.15) is 0 Å². The van der Waals surface area contributed by atoms with Crippen LogP contribution in [-0.4, -0.2) is 23.1 Å². The Morgan fingerprint density at radius 3 is 2.46 bits per heavy atom. The van der Waals surface area contributed by atoms with Crippen LogP contribution in [0, 0.1) is 5.92 Å². The molecule has 0 aromatic heterocycles. The van der Waals surface area contributed by atoms with Crippen molar-refractivity contribution in [3.63, 3.8) is 0 Å². The third-order valence-electron chi connectivity index (χ3n) is 4.39. The van der Waals surface area contributed by atoms with Crippen LogP contribution in [0.5, 0.6) is 0 Å². The topological polar surface area (TPSA) is 61.8 Å². The maximum atomic E-state index is 12.9. The van der Waals surface area contributed by atoms with Crippen LogP contribution in [0.3, 0.4) is 0 Å². The molecule has 1 fully saturated rings. The van der Waals surface area contributed by atoms with Gasteiger partial charge in [0.1, 0.15) is 0 Å². The summed E-state index contributed by atoms with van der Waals surface area (Å²) >= 11 is 8.56. The summed E-state index contributed by atoms with van der Waals surface area (Å²) in [5.74, 6) is -1.96. The van der Waals surface area contributed by atoms with E-state index in [0.29, 0.717) is 11.4 Å². The summed E-state index contributed by atoms with van der Waals surface area (Å²) in [7, 11) is 0. The van der Waals surface area contributed by atoms with E-state index < -0.39 is 17.7 Å². The van der Waals surface area contributed by atoms with Crippen molar-refractivity contribution >= 4 is 73.4 Å². The molecule has 1 heterocycles. The number of hydrogen-bond donors (Lipinski definition) is 1. The lowest BCUT2D eigenvalue weighted by molar-refractivity contribution is -0.130. The molecule has 2 amide bonds. The molecular formula is C21H14BrN3O2S. The van der Waals surface area contributed by atoms with E-state index in [-0.39, 0.29) is 5.11 Å². The second-order valence-electron chi connectivity index (χ2n) is 6.23. The molecule has 0 saturated carbocycles. The van der Waals surface area contributed by atoms with Gasteiger partial charge in [-0.1, -0.05) is 46.3 Å². The van der Waals surface area contributed by atoms with Crippen molar-refractivity contribution in [2.45, 2.75) is 0 Å². The summed E-state index contributed by atoms with van der Waals surface area (Å²) in [6.45, 7) is 0. The molecule has 28 heavy (non-hydrogen) atoms. The molecule has 0 bridgehead atoms. The number of thiocarbonyl (C=S) groups is 1. The molecule has 7 heteroatoms. The maximum Gasteiger partial charge on any atom is 0.251 e. The quantitative estimate of drug-likeness (QED) is 0.365. The zero-order valence-corrected chi connectivity index (χ0v) is 16.9.